The Balaban J connectivity index is 1.42. The molecule has 12 heteroatoms. The van der Waals surface area contributed by atoms with Crippen LogP contribution in [0.15, 0.2) is 55.4 Å². The number of aromatic nitrogens is 5. The number of carbonyl (C=O) groups is 1. The molecule has 1 aliphatic heterocycles. The van der Waals surface area contributed by atoms with Crippen molar-refractivity contribution in [1.82, 2.24) is 24.9 Å². The molecular formula is C24H19F3N8O. The van der Waals surface area contributed by atoms with Gasteiger partial charge in [-0.1, -0.05) is 0 Å². The third-order valence-corrected chi connectivity index (χ3v) is 5.60. The molecule has 4 aromatic heterocycles. The van der Waals surface area contributed by atoms with Gasteiger partial charge in [0.05, 0.1) is 40.1 Å². The Kier molecular flexibility index (Phi) is 5.92. The van der Waals surface area contributed by atoms with Crippen molar-refractivity contribution in [2.24, 2.45) is 0 Å². The number of rotatable bonds is 5. The molecule has 5 heterocycles. The average Bonchev–Trinajstić information content (AvgIpc) is 3.35. The molecule has 5 rings (SSSR count). The third-order valence-electron chi connectivity index (χ3n) is 5.60. The van der Waals surface area contributed by atoms with Crippen LogP contribution in [0.3, 0.4) is 0 Å². The Morgan fingerprint density at radius 2 is 1.94 bits per heavy atom. The van der Waals surface area contributed by atoms with Gasteiger partial charge >= 0.3 is 6.18 Å². The van der Waals surface area contributed by atoms with Crippen LogP contribution in [-0.4, -0.2) is 37.4 Å². The van der Waals surface area contributed by atoms with E-state index in [4.69, 9.17) is 0 Å². The number of carbonyl (C=O) groups excluding carboxylic acids is 1. The monoisotopic (exact) mass is 492 g/mol. The smallest absolute Gasteiger partial charge is 0.369 e. The first-order valence-corrected chi connectivity index (χ1v) is 10.9. The molecule has 4 aromatic rings. The predicted molar refractivity (Wildman–Crippen MR) is 127 cm³/mol. The molecule has 0 unspecified atom stereocenters. The number of aryl methyl sites for hydroxylation is 1. The van der Waals surface area contributed by atoms with E-state index in [0.29, 0.717) is 23.4 Å². The van der Waals surface area contributed by atoms with Crippen molar-refractivity contribution in [3.63, 3.8) is 0 Å². The van der Waals surface area contributed by atoms with Gasteiger partial charge in [0.15, 0.2) is 0 Å². The maximum atomic E-state index is 13.0. The summed E-state index contributed by atoms with van der Waals surface area (Å²) in [5.41, 5.74) is 2.76. The second-order valence-corrected chi connectivity index (χ2v) is 8.02. The number of anilines is 4. The minimum absolute atomic E-state index is 0.224. The molecule has 0 fully saturated rings. The first kappa shape index (κ1) is 23.1. The van der Waals surface area contributed by atoms with Gasteiger partial charge in [-0.25, -0.2) is 15.0 Å². The predicted octanol–water partition coefficient (Wildman–Crippen LogP) is 4.62. The lowest BCUT2D eigenvalue weighted by atomic mass is 10.1. The van der Waals surface area contributed by atoms with Crippen molar-refractivity contribution in [3.05, 3.63) is 77.8 Å². The number of hydrogen-bond acceptors (Lipinski definition) is 8. The molecule has 9 nitrogen and oxygen atoms in total. The molecule has 1 aliphatic rings. The van der Waals surface area contributed by atoms with Crippen LogP contribution in [0.2, 0.25) is 0 Å². The van der Waals surface area contributed by atoms with E-state index in [-0.39, 0.29) is 11.3 Å². The SMILES string of the molecule is Cc1ncc(NC(=O)c2cncc(C(F)(F)F)c2)cc1Nc1ncccc1-c1ncnc2c1CCN2. The van der Waals surface area contributed by atoms with Crippen molar-refractivity contribution in [3.8, 4) is 11.3 Å². The molecular weight excluding hydrogens is 473 g/mol. The summed E-state index contributed by atoms with van der Waals surface area (Å²) in [6.45, 7) is 2.55. The van der Waals surface area contributed by atoms with Gasteiger partial charge in [0.1, 0.15) is 18.0 Å². The number of pyridine rings is 3. The first-order valence-electron chi connectivity index (χ1n) is 10.9. The number of amides is 1. The van der Waals surface area contributed by atoms with Crippen LogP contribution in [0.5, 0.6) is 0 Å². The van der Waals surface area contributed by atoms with Crippen molar-refractivity contribution < 1.29 is 18.0 Å². The quantitative estimate of drug-likeness (QED) is 0.370. The largest absolute Gasteiger partial charge is 0.417 e. The van der Waals surface area contributed by atoms with Crippen LogP contribution in [0.25, 0.3) is 11.3 Å². The fraction of sp³-hybridized carbons (Fsp3) is 0.167. The van der Waals surface area contributed by atoms with Gasteiger partial charge in [-0.15, -0.1) is 0 Å². The van der Waals surface area contributed by atoms with Gasteiger partial charge in [0.25, 0.3) is 5.91 Å². The summed E-state index contributed by atoms with van der Waals surface area (Å²) in [5.74, 6) is 0.579. The van der Waals surface area contributed by atoms with E-state index in [1.807, 2.05) is 12.1 Å². The topological polar surface area (TPSA) is 118 Å². The molecule has 3 N–H and O–H groups in total. The zero-order chi connectivity index (χ0) is 25.3. The molecule has 0 atom stereocenters. The first-order chi connectivity index (χ1) is 17.3. The number of nitrogens with zero attached hydrogens (tertiary/aromatic N) is 5. The number of nitrogens with one attached hydrogen (secondary N) is 3. The third kappa shape index (κ3) is 4.65. The molecule has 0 saturated heterocycles. The standard InChI is InChI=1S/C24H19F3N8O/c1-13-19(8-16(11-31-13)34-23(36)14-7-15(10-28-9-14)24(25,26)27)35-22-17(3-2-5-29-22)20-18-4-6-30-21(18)33-12-32-20/h2-3,5,7-12H,4,6H2,1H3,(H,29,35)(H,34,36)(H,30,32,33). The highest BCUT2D eigenvalue weighted by atomic mass is 19.4. The van der Waals surface area contributed by atoms with Gasteiger partial charge in [-0.3, -0.25) is 14.8 Å². The lowest BCUT2D eigenvalue weighted by molar-refractivity contribution is -0.137. The number of fused-ring (bicyclic) bond motifs is 1. The van der Waals surface area contributed by atoms with E-state index < -0.39 is 17.6 Å². The zero-order valence-corrected chi connectivity index (χ0v) is 18.9. The van der Waals surface area contributed by atoms with Crippen molar-refractivity contribution in [1.29, 1.82) is 0 Å². The van der Waals surface area contributed by atoms with E-state index in [2.05, 4.69) is 40.9 Å². The number of alkyl halides is 3. The zero-order valence-electron chi connectivity index (χ0n) is 18.9. The van der Waals surface area contributed by atoms with Crippen molar-refractivity contribution in [2.45, 2.75) is 19.5 Å². The molecule has 182 valence electrons. The van der Waals surface area contributed by atoms with E-state index in [9.17, 15) is 18.0 Å². The second-order valence-electron chi connectivity index (χ2n) is 8.02. The van der Waals surface area contributed by atoms with E-state index in [1.54, 1.807) is 19.2 Å². The van der Waals surface area contributed by atoms with Crippen LogP contribution < -0.4 is 16.0 Å². The van der Waals surface area contributed by atoms with Gasteiger partial charge < -0.3 is 16.0 Å². The highest BCUT2D eigenvalue weighted by Gasteiger charge is 2.31. The minimum atomic E-state index is -4.61. The number of hydrogen-bond donors (Lipinski definition) is 3. The maximum absolute atomic E-state index is 13.0. The van der Waals surface area contributed by atoms with E-state index >= 15 is 0 Å². The Morgan fingerprint density at radius 1 is 1.08 bits per heavy atom. The summed E-state index contributed by atoms with van der Waals surface area (Å²) in [6, 6.07) is 6.08. The fourth-order valence-corrected chi connectivity index (χ4v) is 3.81. The highest BCUT2D eigenvalue weighted by molar-refractivity contribution is 6.04. The summed E-state index contributed by atoms with van der Waals surface area (Å²) in [6.07, 6.45) is 2.47. The Labute approximate surface area is 203 Å². The fourth-order valence-electron chi connectivity index (χ4n) is 3.81. The van der Waals surface area contributed by atoms with Gasteiger partial charge in [0, 0.05) is 36.3 Å². The van der Waals surface area contributed by atoms with Crippen molar-refractivity contribution >= 4 is 28.9 Å². The molecule has 0 aliphatic carbocycles. The normalized spacial score (nSPS) is 12.6. The van der Waals surface area contributed by atoms with Crippen LogP contribution >= 0.6 is 0 Å². The van der Waals surface area contributed by atoms with Crippen LogP contribution in [-0.2, 0) is 12.6 Å². The molecule has 0 aromatic carbocycles. The average molecular weight is 492 g/mol. The van der Waals surface area contributed by atoms with E-state index in [1.165, 1.54) is 12.5 Å². The van der Waals surface area contributed by atoms with E-state index in [0.717, 1.165) is 47.9 Å². The van der Waals surface area contributed by atoms with Gasteiger partial charge in [-0.05, 0) is 37.6 Å². The minimum Gasteiger partial charge on any atom is -0.369 e. The Morgan fingerprint density at radius 3 is 2.78 bits per heavy atom. The summed E-state index contributed by atoms with van der Waals surface area (Å²) in [4.78, 5) is 33.6. The summed E-state index contributed by atoms with van der Waals surface area (Å²) in [7, 11) is 0. The molecule has 0 spiro atoms. The molecule has 36 heavy (non-hydrogen) atoms. The lowest BCUT2D eigenvalue weighted by Gasteiger charge is -2.15. The molecule has 0 radical (unpaired) electrons. The Hall–Kier alpha value is -4.61. The molecule has 0 saturated carbocycles. The van der Waals surface area contributed by atoms with Crippen LogP contribution in [0.1, 0.15) is 27.2 Å². The van der Waals surface area contributed by atoms with Gasteiger partial charge in [-0.2, -0.15) is 13.2 Å². The highest BCUT2D eigenvalue weighted by Crippen LogP contribution is 2.34. The molecule has 0 bridgehead atoms. The number of halogens is 3. The lowest BCUT2D eigenvalue weighted by Crippen LogP contribution is -2.15. The van der Waals surface area contributed by atoms with Gasteiger partial charge in [0.2, 0.25) is 0 Å². The summed E-state index contributed by atoms with van der Waals surface area (Å²) >= 11 is 0. The maximum Gasteiger partial charge on any atom is 0.417 e. The Bertz CT molecular complexity index is 1460. The molecule has 1 amide bonds. The summed E-state index contributed by atoms with van der Waals surface area (Å²) < 4.78 is 39.0. The van der Waals surface area contributed by atoms with Crippen LogP contribution in [0, 0.1) is 6.92 Å². The van der Waals surface area contributed by atoms with Crippen LogP contribution in [0.4, 0.5) is 36.2 Å². The summed E-state index contributed by atoms with van der Waals surface area (Å²) in [5, 5.41) is 9.05. The second kappa shape index (κ2) is 9.21. The van der Waals surface area contributed by atoms with Crippen molar-refractivity contribution in [2.75, 3.05) is 22.5 Å².